The van der Waals surface area contributed by atoms with Crippen LogP contribution in [0.15, 0.2) is 18.5 Å². The normalized spacial score (nSPS) is 20.4. The van der Waals surface area contributed by atoms with Crippen molar-refractivity contribution in [1.82, 2.24) is 9.88 Å². The van der Waals surface area contributed by atoms with E-state index in [0.29, 0.717) is 10.9 Å². The second-order valence-electron chi connectivity index (χ2n) is 5.62. The Balaban J connectivity index is 1.59. The van der Waals surface area contributed by atoms with Gasteiger partial charge in [-0.05, 0) is 18.9 Å². The zero-order valence-corrected chi connectivity index (χ0v) is 12.4. The fourth-order valence-electron chi connectivity index (χ4n) is 3.22. The molecule has 1 aliphatic heterocycles. The minimum atomic E-state index is 0.283. The summed E-state index contributed by atoms with van der Waals surface area (Å²) in [7, 11) is 0. The SMILES string of the molecule is O=C(C1CCCC1)N1CCN(c2ccncc2Cl)CC1. The number of rotatable bonds is 2. The van der Waals surface area contributed by atoms with Crippen LogP contribution in [0.4, 0.5) is 5.69 Å². The molecule has 108 valence electrons. The predicted octanol–water partition coefficient (Wildman–Crippen LogP) is 2.57. The van der Waals surface area contributed by atoms with E-state index in [1.807, 2.05) is 11.0 Å². The summed E-state index contributed by atoms with van der Waals surface area (Å²) >= 11 is 6.18. The summed E-state index contributed by atoms with van der Waals surface area (Å²) in [6.07, 6.45) is 8.01. The van der Waals surface area contributed by atoms with E-state index in [4.69, 9.17) is 11.6 Å². The van der Waals surface area contributed by atoms with Crippen LogP contribution in [0, 0.1) is 5.92 Å². The first-order chi connectivity index (χ1) is 9.75. The first-order valence-electron chi connectivity index (χ1n) is 7.39. The predicted molar refractivity (Wildman–Crippen MR) is 80.0 cm³/mol. The molecular formula is C15H20ClN3O. The molecule has 1 saturated heterocycles. The van der Waals surface area contributed by atoms with Crippen LogP contribution >= 0.6 is 11.6 Å². The van der Waals surface area contributed by atoms with Crippen molar-refractivity contribution in [2.75, 3.05) is 31.1 Å². The molecule has 1 aromatic heterocycles. The van der Waals surface area contributed by atoms with E-state index in [1.165, 1.54) is 12.8 Å². The van der Waals surface area contributed by atoms with Gasteiger partial charge in [0.1, 0.15) is 0 Å². The standard InChI is InChI=1S/C15H20ClN3O/c16-13-11-17-6-5-14(13)18-7-9-19(10-8-18)15(20)12-3-1-2-4-12/h5-6,11-12H,1-4,7-10H2. The lowest BCUT2D eigenvalue weighted by molar-refractivity contribution is -0.135. The van der Waals surface area contributed by atoms with Crippen molar-refractivity contribution in [3.63, 3.8) is 0 Å². The van der Waals surface area contributed by atoms with E-state index in [0.717, 1.165) is 44.7 Å². The van der Waals surface area contributed by atoms with E-state index >= 15 is 0 Å². The zero-order valence-electron chi connectivity index (χ0n) is 11.6. The Hall–Kier alpha value is -1.29. The van der Waals surface area contributed by atoms with Gasteiger partial charge in [-0.2, -0.15) is 0 Å². The number of anilines is 1. The smallest absolute Gasteiger partial charge is 0.225 e. The molecule has 0 bridgehead atoms. The highest BCUT2D eigenvalue weighted by Gasteiger charge is 2.29. The molecule has 0 radical (unpaired) electrons. The summed E-state index contributed by atoms with van der Waals surface area (Å²) in [5, 5.41) is 0.683. The van der Waals surface area contributed by atoms with Crippen LogP contribution in [0.25, 0.3) is 0 Å². The van der Waals surface area contributed by atoms with Gasteiger partial charge in [0.15, 0.2) is 0 Å². The summed E-state index contributed by atoms with van der Waals surface area (Å²) in [5.41, 5.74) is 1.02. The Labute approximate surface area is 124 Å². The molecule has 20 heavy (non-hydrogen) atoms. The fraction of sp³-hybridized carbons (Fsp3) is 0.600. The third-order valence-corrected chi connectivity index (χ3v) is 4.68. The monoisotopic (exact) mass is 293 g/mol. The number of carbonyl (C=O) groups excluding carboxylic acids is 1. The summed E-state index contributed by atoms with van der Waals surface area (Å²) in [6.45, 7) is 3.30. The second-order valence-corrected chi connectivity index (χ2v) is 6.03. The summed E-state index contributed by atoms with van der Waals surface area (Å²) < 4.78 is 0. The van der Waals surface area contributed by atoms with Crippen LogP contribution < -0.4 is 4.90 Å². The van der Waals surface area contributed by atoms with Crippen LogP contribution in [0.1, 0.15) is 25.7 Å². The molecule has 1 saturated carbocycles. The Morgan fingerprint density at radius 1 is 1.20 bits per heavy atom. The molecule has 0 spiro atoms. The number of aromatic nitrogens is 1. The van der Waals surface area contributed by atoms with Gasteiger partial charge in [-0.15, -0.1) is 0 Å². The molecule has 0 aromatic carbocycles. The average Bonchev–Trinajstić information content (AvgIpc) is 3.01. The van der Waals surface area contributed by atoms with E-state index < -0.39 is 0 Å². The number of hydrogen-bond acceptors (Lipinski definition) is 3. The molecule has 0 N–H and O–H groups in total. The van der Waals surface area contributed by atoms with Gasteiger partial charge in [-0.1, -0.05) is 24.4 Å². The molecule has 1 amide bonds. The number of amides is 1. The van der Waals surface area contributed by atoms with Crippen molar-refractivity contribution >= 4 is 23.2 Å². The lowest BCUT2D eigenvalue weighted by Crippen LogP contribution is -2.50. The van der Waals surface area contributed by atoms with E-state index in [2.05, 4.69) is 9.88 Å². The Bertz CT molecular complexity index is 480. The highest BCUT2D eigenvalue weighted by atomic mass is 35.5. The Morgan fingerprint density at radius 3 is 2.55 bits per heavy atom. The van der Waals surface area contributed by atoms with Crippen LogP contribution in [0.2, 0.25) is 5.02 Å². The molecule has 3 rings (SSSR count). The molecule has 5 heteroatoms. The van der Waals surface area contributed by atoms with Crippen molar-refractivity contribution in [3.05, 3.63) is 23.5 Å². The van der Waals surface area contributed by atoms with Crippen molar-refractivity contribution < 1.29 is 4.79 Å². The van der Waals surface area contributed by atoms with Crippen LogP contribution in [0.3, 0.4) is 0 Å². The maximum Gasteiger partial charge on any atom is 0.225 e. The lowest BCUT2D eigenvalue weighted by Gasteiger charge is -2.37. The van der Waals surface area contributed by atoms with E-state index in [1.54, 1.807) is 12.4 Å². The van der Waals surface area contributed by atoms with Crippen LogP contribution in [0.5, 0.6) is 0 Å². The topological polar surface area (TPSA) is 36.4 Å². The number of hydrogen-bond donors (Lipinski definition) is 0. The quantitative estimate of drug-likeness (QED) is 0.841. The van der Waals surface area contributed by atoms with E-state index in [9.17, 15) is 4.79 Å². The van der Waals surface area contributed by atoms with E-state index in [-0.39, 0.29) is 5.92 Å². The van der Waals surface area contributed by atoms with Gasteiger partial charge in [0.2, 0.25) is 5.91 Å². The number of piperazine rings is 1. The molecule has 0 unspecified atom stereocenters. The molecular weight excluding hydrogens is 274 g/mol. The maximum absolute atomic E-state index is 12.4. The minimum absolute atomic E-state index is 0.283. The van der Waals surface area contributed by atoms with Gasteiger partial charge in [0.05, 0.1) is 10.7 Å². The first kappa shape index (κ1) is 13.7. The number of nitrogens with zero attached hydrogens (tertiary/aromatic N) is 3. The third kappa shape index (κ3) is 2.75. The fourth-order valence-corrected chi connectivity index (χ4v) is 3.46. The van der Waals surface area contributed by atoms with Crippen molar-refractivity contribution in [2.45, 2.75) is 25.7 Å². The number of pyridine rings is 1. The molecule has 1 aromatic rings. The van der Waals surface area contributed by atoms with Crippen LogP contribution in [-0.2, 0) is 4.79 Å². The lowest BCUT2D eigenvalue weighted by atomic mass is 10.1. The second kappa shape index (κ2) is 6.00. The molecule has 2 aliphatic rings. The minimum Gasteiger partial charge on any atom is -0.367 e. The van der Waals surface area contributed by atoms with Crippen LogP contribution in [-0.4, -0.2) is 42.0 Å². The highest BCUT2D eigenvalue weighted by molar-refractivity contribution is 6.33. The van der Waals surface area contributed by atoms with Gasteiger partial charge >= 0.3 is 0 Å². The number of halogens is 1. The molecule has 2 heterocycles. The first-order valence-corrected chi connectivity index (χ1v) is 7.77. The Morgan fingerprint density at radius 2 is 1.90 bits per heavy atom. The van der Waals surface area contributed by atoms with Gasteiger partial charge in [-0.3, -0.25) is 9.78 Å². The largest absolute Gasteiger partial charge is 0.367 e. The third-order valence-electron chi connectivity index (χ3n) is 4.39. The van der Waals surface area contributed by atoms with Gasteiger partial charge in [-0.25, -0.2) is 0 Å². The van der Waals surface area contributed by atoms with Crippen molar-refractivity contribution in [1.29, 1.82) is 0 Å². The zero-order chi connectivity index (χ0) is 13.9. The van der Waals surface area contributed by atoms with Gasteiger partial charge in [0.25, 0.3) is 0 Å². The molecule has 1 aliphatic carbocycles. The molecule has 2 fully saturated rings. The van der Waals surface area contributed by atoms with Crippen molar-refractivity contribution in [3.8, 4) is 0 Å². The summed E-state index contributed by atoms with van der Waals surface area (Å²) in [6, 6.07) is 1.94. The van der Waals surface area contributed by atoms with Crippen molar-refractivity contribution in [2.24, 2.45) is 5.92 Å². The van der Waals surface area contributed by atoms with Gasteiger partial charge in [0, 0.05) is 44.5 Å². The average molecular weight is 294 g/mol. The summed E-state index contributed by atoms with van der Waals surface area (Å²) in [4.78, 5) is 20.7. The Kier molecular flexibility index (Phi) is 4.10. The highest BCUT2D eigenvalue weighted by Crippen LogP contribution is 2.28. The molecule has 4 nitrogen and oxygen atoms in total. The maximum atomic E-state index is 12.4. The summed E-state index contributed by atoms with van der Waals surface area (Å²) in [5.74, 6) is 0.647. The molecule has 0 atom stereocenters. The van der Waals surface area contributed by atoms with Gasteiger partial charge < -0.3 is 9.80 Å². The number of carbonyl (C=O) groups is 1.